The minimum Gasteiger partial charge on any atom is -0.355 e. The molecule has 0 aromatic carbocycles. The van der Waals surface area contributed by atoms with Gasteiger partial charge < -0.3 is 15.5 Å². The molecule has 0 aliphatic heterocycles. The van der Waals surface area contributed by atoms with Crippen molar-refractivity contribution in [2.75, 3.05) is 39.3 Å². The van der Waals surface area contributed by atoms with E-state index in [2.05, 4.69) is 43.2 Å². The van der Waals surface area contributed by atoms with Crippen molar-refractivity contribution in [1.82, 2.24) is 15.5 Å². The van der Waals surface area contributed by atoms with Gasteiger partial charge >= 0.3 is 0 Å². The Labute approximate surface area is 113 Å². The van der Waals surface area contributed by atoms with Gasteiger partial charge in [0.1, 0.15) is 0 Å². The molecule has 4 heteroatoms. The Hall–Kier alpha value is -0.610. The van der Waals surface area contributed by atoms with Crippen molar-refractivity contribution < 1.29 is 4.79 Å². The van der Waals surface area contributed by atoms with Gasteiger partial charge in [-0.05, 0) is 44.9 Å². The highest BCUT2D eigenvalue weighted by atomic mass is 16.1. The van der Waals surface area contributed by atoms with E-state index in [1.165, 1.54) is 0 Å². The van der Waals surface area contributed by atoms with Crippen molar-refractivity contribution in [3.63, 3.8) is 0 Å². The first-order chi connectivity index (χ1) is 8.60. The second-order valence-corrected chi connectivity index (χ2v) is 5.09. The van der Waals surface area contributed by atoms with Crippen molar-refractivity contribution >= 4 is 5.91 Å². The number of hydrogen-bond donors (Lipinski definition) is 2. The second-order valence-electron chi connectivity index (χ2n) is 5.09. The van der Waals surface area contributed by atoms with Gasteiger partial charge in [0.05, 0.1) is 6.54 Å². The quantitative estimate of drug-likeness (QED) is 0.551. The highest BCUT2D eigenvalue weighted by Gasteiger charge is 2.01. The van der Waals surface area contributed by atoms with Gasteiger partial charge in [0, 0.05) is 6.54 Å². The van der Waals surface area contributed by atoms with Crippen molar-refractivity contribution in [3.05, 3.63) is 0 Å². The van der Waals surface area contributed by atoms with E-state index in [-0.39, 0.29) is 5.91 Å². The summed E-state index contributed by atoms with van der Waals surface area (Å²) >= 11 is 0. The Bertz CT molecular complexity index is 203. The zero-order valence-electron chi connectivity index (χ0n) is 12.6. The fraction of sp³-hybridized carbons (Fsp3) is 0.929. The summed E-state index contributed by atoms with van der Waals surface area (Å²) in [7, 11) is 0. The minimum atomic E-state index is 0.110. The molecule has 0 rings (SSSR count). The number of nitrogens with one attached hydrogen (secondary N) is 2. The van der Waals surface area contributed by atoms with Gasteiger partial charge in [-0.1, -0.05) is 27.7 Å². The average Bonchev–Trinajstić information content (AvgIpc) is 2.33. The van der Waals surface area contributed by atoms with E-state index in [9.17, 15) is 4.79 Å². The first-order valence-electron chi connectivity index (χ1n) is 7.29. The zero-order chi connectivity index (χ0) is 13.8. The molecule has 108 valence electrons. The first kappa shape index (κ1) is 17.4. The van der Waals surface area contributed by atoms with Crippen LogP contribution in [0.4, 0.5) is 0 Å². The van der Waals surface area contributed by atoms with Crippen LogP contribution in [-0.4, -0.2) is 50.1 Å². The molecule has 0 atom stereocenters. The fourth-order valence-electron chi connectivity index (χ4n) is 1.73. The molecule has 0 unspecified atom stereocenters. The van der Waals surface area contributed by atoms with Crippen molar-refractivity contribution in [2.24, 2.45) is 5.92 Å². The van der Waals surface area contributed by atoms with E-state index < -0.39 is 0 Å². The third-order valence-electron chi connectivity index (χ3n) is 3.05. The van der Waals surface area contributed by atoms with Crippen LogP contribution in [0.3, 0.4) is 0 Å². The van der Waals surface area contributed by atoms with Gasteiger partial charge in [0.15, 0.2) is 0 Å². The number of hydrogen-bond acceptors (Lipinski definition) is 3. The smallest absolute Gasteiger partial charge is 0.233 e. The molecule has 0 heterocycles. The van der Waals surface area contributed by atoms with Crippen LogP contribution < -0.4 is 10.6 Å². The maximum absolute atomic E-state index is 11.4. The van der Waals surface area contributed by atoms with Crippen LogP contribution in [-0.2, 0) is 4.79 Å². The Morgan fingerprint density at radius 2 is 1.83 bits per heavy atom. The summed E-state index contributed by atoms with van der Waals surface area (Å²) in [4.78, 5) is 13.8. The summed E-state index contributed by atoms with van der Waals surface area (Å²) in [6.45, 7) is 14.1. The summed E-state index contributed by atoms with van der Waals surface area (Å²) in [5.41, 5.74) is 0. The molecule has 2 N–H and O–H groups in total. The lowest BCUT2D eigenvalue weighted by atomic mass is 10.1. The zero-order valence-corrected chi connectivity index (χ0v) is 12.6. The van der Waals surface area contributed by atoms with Crippen molar-refractivity contribution in [2.45, 2.75) is 40.5 Å². The normalized spacial score (nSPS) is 11.2. The lowest BCUT2D eigenvalue weighted by Gasteiger charge is -2.17. The summed E-state index contributed by atoms with van der Waals surface area (Å²) in [6.07, 6.45) is 2.15. The van der Waals surface area contributed by atoms with Crippen molar-refractivity contribution in [3.8, 4) is 0 Å². The van der Waals surface area contributed by atoms with Crippen molar-refractivity contribution in [1.29, 1.82) is 0 Å². The molecule has 0 aliphatic carbocycles. The number of amides is 1. The molecule has 0 fully saturated rings. The van der Waals surface area contributed by atoms with E-state index in [1.54, 1.807) is 0 Å². The van der Waals surface area contributed by atoms with Gasteiger partial charge in [-0.3, -0.25) is 4.79 Å². The lowest BCUT2D eigenvalue weighted by molar-refractivity contribution is -0.120. The summed E-state index contributed by atoms with van der Waals surface area (Å²) < 4.78 is 0. The van der Waals surface area contributed by atoms with Crippen LogP contribution in [0.15, 0.2) is 0 Å². The Kier molecular flexibility index (Phi) is 11.1. The molecule has 0 radical (unpaired) electrons. The monoisotopic (exact) mass is 257 g/mol. The highest BCUT2D eigenvalue weighted by Crippen LogP contribution is 1.95. The van der Waals surface area contributed by atoms with E-state index >= 15 is 0 Å². The molecule has 0 bridgehead atoms. The number of rotatable bonds is 11. The van der Waals surface area contributed by atoms with Crippen LogP contribution >= 0.6 is 0 Å². The lowest BCUT2D eigenvalue weighted by Crippen LogP contribution is -2.36. The summed E-state index contributed by atoms with van der Waals surface area (Å²) in [5.74, 6) is 0.755. The van der Waals surface area contributed by atoms with Gasteiger partial charge in [0.2, 0.25) is 5.91 Å². The molecule has 0 aromatic rings. The summed E-state index contributed by atoms with van der Waals surface area (Å²) in [5, 5.41) is 6.11. The number of carbonyl (C=O) groups is 1. The first-order valence-corrected chi connectivity index (χ1v) is 7.29. The molecule has 0 saturated carbocycles. The predicted molar refractivity (Wildman–Crippen MR) is 77.7 cm³/mol. The number of carbonyl (C=O) groups excluding carboxylic acids is 1. The molecule has 0 aliphatic rings. The second kappa shape index (κ2) is 11.5. The maximum atomic E-state index is 11.4. The number of nitrogens with zero attached hydrogens (tertiary/aromatic N) is 1. The van der Waals surface area contributed by atoms with Gasteiger partial charge in [-0.15, -0.1) is 0 Å². The average molecular weight is 257 g/mol. The Balaban J connectivity index is 3.35. The Morgan fingerprint density at radius 1 is 1.17 bits per heavy atom. The van der Waals surface area contributed by atoms with Gasteiger partial charge in [-0.25, -0.2) is 0 Å². The van der Waals surface area contributed by atoms with Crippen LogP contribution in [0, 0.1) is 5.92 Å². The molecular formula is C14H31N3O. The maximum Gasteiger partial charge on any atom is 0.233 e. The van der Waals surface area contributed by atoms with Gasteiger partial charge in [-0.2, -0.15) is 0 Å². The Morgan fingerprint density at radius 3 is 2.39 bits per heavy atom. The summed E-state index contributed by atoms with van der Waals surface area (Å²) in [6, 6.07) is 0. The standard InChI is InChI=1S/C14H31N3O/c1-5-17(6-2)11-7-9-15-12-14(18)16-10-8-13(3)4/h13,15H,5-12H2,1-4H3,(H,16,18). The van der Waals surface area contributed by atoms with E-state index in [0.717, 1.165) is 45.6 Å². The molecular weight excluding hydrogens is 226 g/mol. The SMILES string of the molecule is CCN(CC)CCCNCC(=O)NCCC(C)C. The highest BCUT2D eigenvalue weighted by molar-refractivity contribution is 5.77. The van der Waals surface area contributed by atoms with Gasteiger partial charge in [0.25, 0.3) is 0 Å². The molecule has 18 heavy (non-hydrogen) atoms. The third kappa shape index (κ3) is 10.5. The van der Waals surface area contributed by atoms with Crippen LogP contribution in [0.1, 0.15) is 40.5 Å². The molecule has 0 spiro atoms. The molecule has 0 aromatic heterocycles. The third-order valence-corrected chi connectivity index (χ3v) is 3.05. The largest absolute Gasteiger partial charge is 0.355 e. The van der Waals surface area contributed by atoms with E-state index in [1.807, 2.05) is 0 Å². The predicted octanol–water partition coefficient (Wildman–Crippen LogP) is 1.47. The van der Waals surface area contributed by atoms with Crippen LogP contribution in [0.2, 0.25) is 0 Å². The fourth-order valence-corrected chi connectivity index (χ4v) is 1.73. The molecule has 4 nitrogen and oxygen atoms in total. The van der Waals surface area contributed by atoms with Crippen LogP contribution in [0.25, 0.3) is 0 Å². The topological polar surface area (TPSA) is 44.4 Å². The van der Waals surface area contributed by atoms with E-state index in [0.29, 0.717) is 12.5 Å². The minimum absolute atomic E-state index is 0.110. The molecule has 1 amide bonds. The van der Waals surface area contributed by atoms with Crippen LogP contribution in [0.5, 0.6) is 0 Å². The van der Waals surface area contributed by atoms with E-state index in [4.69, 9.17) is 0 Å². The molecule has 0 saturated heterocycles.